The van der Waals surface area contributed by atoms with Gasteiger partial charge in [-0.2, -0.15) is 0 Å². The number of hydrogen-bond donors (Lipinski definition) is 1. The molecule has 4 heteroatoms. The van der Waals surface area contributed by atoms with Gasteiger partial charge in [0.1, 0.15) is 5.56 Å². The Balaban J connectivity index is -0.000000125. The molecule has 0 aromatic rings. The van der Waals surface area contributed by atoms with Crippen LogP contribution in [0.3, 0.4) is 0 Å². The third-order valence-corrected chi connectivity index (χ3v) is 0.745. The van der Waals surface area contributed by atoms with Crippen LogP contribution in [-0.4, -0.2) is 10.7 Å². The molecule has 0 aliphatic rings. The predicted molar refractivity (Wildman–Crippen MR) is 26.8 cm³/mol. The van der Waals surface area contributed by atoms with Crippen LogP contribution in [0.1, 0.15) is 19.8 Å². The van der Waals surface area contributed by atoms with Gasteiger partial charge in [0.2, 0.25) is 0 Å². The van der Waals surface area contributed by atoms with Crippen LogP contribution < -0.4 is 42.0 Å². The Morgan fingerprint density at radius 1 is 1.62 bits per heavy atom. The van der Waals surface area contributed by atoms with Crippen molar-refractivity contribution in [1.82, 2.24) is 0 Å². The summed E-state index contributed by atoms with van der Waals surface area (Å²) in [6.45, 7) is 1.98. The zero-order chi connectivity index (χ0) is 4.99. The van der Waals surface area contributed by atoms with Crippen molar-refractivity contribution < 1.29 is 47.1 Å². The number of aliphatic hydroxyl groups excluding tert-OH is 1. The van der Waals surface area contributed by atoms with E-state index in [1.165, 1.54) is 0 Å². The Morgan fingerprint density at radius 2 is 2.00 bits per heavy atom. The third-order valence-electron chi connectivity index (χ3n) is 0.527. The van der Waals surface area contributed by atoms with E-state index in [1.807, 2.05) is 6.92 Å². The fourth-order valence-corrected chi connectivity index (χ4v) is 0.456. The van der Waals surface area contributed by atoms with Crippen molar-refractivity contribution in [3.05, 3.63) is 0 Å². The number of hydrogen-bond acceptors (Lipinski definition) is 1. The van der Waals surface area contributed by atoms with Crippen LogP contribution in [0, 0.1) is 0 Å². The maximum absolute atomic E-state index is 8.32. The molecule has 1 atom stereocenters. The van der Waals surface area contributed by atoms with Crippen LogP contribution in [0.15, 0.2) is 0 Å². The van der Waals surface area contributed by atoms with Gasteiger partial charge >= 0.3 is 29.6 Å². The minimum Gasteiger partial charge on any atom is -1.00 e. The summed E-state index contributed by atoms with van der Waals surface area (Å²) in [5.41, 5.74) is -0.630. The van der Waals surface area contributed by atoms with Crippen molar-refractivity contribution in [2.45, 2.75) is 25.3 Å². The number of alkyl halides is 1. The van der Waals surface area contributed by atoms with Crippen molar-refractivity contribution in [3.63, 3.8) is 0 Å². The van der Waals surface area contributed by atoms with Crippen LogP contribution in [0.5, 0.6) is 0 Å². The van der Waals surface area contributed by atoms with E-state index in [9.17, 15) is 0 Å². The standard InChI is InChI=1S/C4H9ClO.ClH.Na/c1-2-3-4(5)6;;/h4,6H,2-3H2,1H3;1H;/q;;+1/p-1. The first-order valence-electron chi connectivity index (χ1n) is 2.09. The molecule has 0 radical (unpaired) electrons. The fourth-order valence-electron chi connectivity index (χ4n) is 0.238. The number of rotatable bonds is 2. The second-order valence-electron chi connectivity index (χ2n) is 1.22. The van der Waals surface area contributed by atoms with Crippen LogP contribution in [0.4, 0.5) is 0 Å². The van der Waals surface area contributed by atoms with E-state index in [0.717, 1.165) is 6.42 Å². The van der Waals surface area contributed by atoms with E-state index in [0.29, 0.717) is 6.42 Å². The normalized spacial score (nSPS) is 10.9. The Hall–Kier alpha value is 1.54. The van der Waals surface area contributed by atoms with Gasteiger partial charge in [0.05, 0.1) is 0 Å². The molecule has 0 aliphatic carbocycles. The summed E-state index contributed by atoms with van der Waals surface area (Å²) in [5.74, 6) is 0. The van der Waals surface area contributed by atoms with E-state index in [2.05, 4.69) is 0 Å². The van der Waals surface area contributed by atoms with Gasteiger partial charge in [-0.3, -0.25) is 0 Å². The minimum atomic E-state index is -0.630. The van der Waals surface area contributed by atoms with Crippen LogP contribution in [0.2, 0.25) is 0 Å². The Labute approximate surface area is 83.5 Å². The van der Waals surface area contributed by atoms with E-state index in [4.69, 9.17) is 16.7 Å². The van der Waals surface area contributed by atoms with Crippen molar-refractivity contribution in [2.75, 3.05) is 0 Å². The molecule has 0 spiro atoms. The van der Waals surface area contributed by atoms with Gasteiger partial charge in [-0.1, -0.05) is 24.9 Å². The van der Waals surface area contributed by atoms with Crippen molar-refractivity contribution in [2.24, 2.45) is 0 Å². The molecule has 1 N–H and O–H groups in total. The molecule has 0 aliphatic heterocycles. The first kappa shape index (κ1) is 16.3. The van der Waals surface area contributed by atoms with Gasteiger partial charge in [0.15, 0.2) is 0 Å². The van der Waals surface area contributed by atoms with E-state index >= 15 is 0 Å². The Kier molecular flexibility index (Phi) is 23.1. The molecule has 0 rings (SSSR count). The largest absolute Gasteiger partial charge is 1.00 e. The van der Waals surface area contributed by atoms with Crippen LogP contribution in [0.25, 0.3) is 0 Å². The second kappa shape index (κ2) is 11.4. The average Bonchev–Trinajstić information content (AvgIpc) is 1.35. The molecule has 0 bridgehead atoms. The molecule has 1 nitrogen and oxygen atoms in total. The van der Waals surface area contributed by atoms with E-state index in [-0.39, 0.29) is 42.0 Å². The summed E-state index contributed by atoms with van der Waals surface area (Å²) in [6, 6.07) is 0. The fraction of sp³-hybridized carbons (Fsp3) is 1.00. The zero-order valence-corrected chi connectivity index (χ0v) is 8.71. The smallest absolute Gasteiger partial charge is 1.00 e. The predicted octanol–water partition coefficient (Wildman–Crippen LogP) is -4.65. The summed E-state index contributed by atoms with van der Waals surface area (Å²) in [7, 11) is 0. The topological polar surface area (TPSA) is 20.2 Å². The summed E-state index contributed by atoms with van der Waals surface area (Å²) in [6.07, 6.45) is 1.65. The van der Waals surface area contributed by atoms with Crippen molar-refractivity contribution in [1.29, 1.82) is 0 Å². The molecule has 0 saturated carbocycles. The first-order valence-corrected chi connectivity index (χ1v) is 2.53. The van der Waals surface area contributed by atoms with Crippen molar-refractivity contribution in [3.8, 4) is 0 Å². The zero-order valence-electron chi connectivity index (χ0n) is 5.19. The molecule has 1 unspecified atom stereocenters. The van der Waals surface area contributed by atoms with Crippen LogP contribution in [-0.2, 0) is 0 Å². The first-order chi connectivity index (χ1) is 2.77. The summed E-state index contributed by atoms with van der Waals surface area (Å²) < 4.78 is 0. The van der Waals surface area contributed by atoms with Gasteiger partial charge < -0.3 is 17.5 Å². The van der Waals surface area contributed by atoms with E-state index < -0.39 is 5.56 Å². The molecule has 0 aromatic carbocycles. The number of aliphatic hydroxyl groups is 1. The molecular formula is C4H9Cl2NaO. The monoisotopic (exact) mass is 166 g/mol. The molecule has 46 valence electrons. The Bertz CT molecular complexity index is 35.2. The molecular weight excluding hydrogens is 158 g/mol. The molecule has 8 heavy (non-hydrogen) atoms. The summed E-state index contributed by atoms with van der Waals surface area (Å²) in [5, 5.41) is 8.32. The SMILES string of the molecule is CCCC(O)Cl.[Cl-].[Na+]. The third kappa shape index (κ3) is 15.6. The van der Waals surface area contributed by atoms with Gasteiger partial charge in [-0.15, -0.1) is 0 Å². The number of halogens is 2. The molecule has 0 fully saturated rings. The Morgan fingerprint density at radius 3 is 2.00 bits per heavy atom. The molecule has 0 saturated heterocycles. The second-order valence-corrected chi connectivity index (χ2v) is 1.73. The van der Waals surface area contributed by atoms with Crippen LogP contribution >= 0.6 is 11.6 Å². The quantitative estimate of drug-likeness (QED) is 0.324. The minimum absolute atomic E-state index is 0. The van der Waals surface area contributed by atoms with Crippen molar-refractivity contribution >= 4 is 11.6 Å². The average molecular weight is 167 g/mol. The summed E-state index contributed by atoms with van der Waals surface area (Å²) >= 11 is 5.13. The van der Waals surface area contributed by atoms with Gasteiger partial charge in [-0.25, -0.2) is 0 Å². The summed E-state index contributed by atoms with van der Waals surface area (Å²) in [4.78, 5) is 0. The van der Waals surface area contributed by atoms with E-state index in [1.54, 1.807) is 0 Å². The maximum atomic E-state index is 8.32. The molecule has 0 aromatic heterocycles. The maximum Gasteiger partial charge on any atom is 1.00 e. The van der Waals surface area contributed by atoms with Gasteiger partial charge in [-0.05, 0) is 6.42 Å². The van der Waals surface area contributed by atoms with Gasteiger partial charge in [0, 0.05) is 0 Å². The molecule has 0 heterocycles. The van der Waals surface area contributed by atoms with Gasteiger partial charge in [0.25, 0.3) is 0 Å². The molecule has 0 amide bonds.